The van der Waals surface area contributed by atoms with Crippen LogP contribution in [-0.4, -0.2) is 32.6 Å². The fourth-order valence-corrected chi connectivity index (χ4v) is 4.14. The van der Waals surface area contributed by atoms with Crippen molar-refractivity contribution in [3.8, 4) is 0 Å². The van der Waals surface area contributed by atoms with Gasteiger partial charge in [-0.15, -0.1) is 0 Å². The lowest BCUT2D eigenvalue weighted by Gasteiger charge is -2.26. The van der Waals surface area contributed by atoms with E-state index in [1.165, 1.54) is 5.56 Å². The van der Waals surface area contributed by atoms with Gasteiger partial charge in [-0.1, -0.05) is 24.3 Å². The van der Waals surface area contributed by atoms with E-state index in [4.69, 9.17) is 0 Å². The molecule has 2 aromatic heterocycles. The van der Waals surface area contributed by atoms with Gasteiger partial charge in [0, 0.05) is 37.6 Å². The predicted octanol–water partition coefficient (Wildman–Crippen LogP) is 2.55. The first kappa shape index (κ1) is 20.1. The number of fused-ring (bicyclic) bond motifs is 1. The van der Waals surface area contributed by atoms with E-state index in [9.17, 15) is 9.59 Å². The number of aryl methyl sites for hydroxylation is 2. The molecular weight excluding hydrogens is 378 g/mol. The third kappa shape index (κ3) is 4.52. The van der Waals surface area contributed by atoms with Crippen molar-refractivity contribution in [1.82, 2.24) is 25.0 Å². The van der Waals surface area contributed by atoms with E-state index in [0.717, 1.165) is 42.6 Å². The lowest BCUT2D eigenvalue weighted by atomic mass is 9.87. The number of hydrogen-bond acceptors (Lipinski definition) is 4. The first-order chi connectivity index (χ1) is 14.5. The van der Waals surface area contributed by atoms with E-state index in [1.807, 2.05) is 44.7 Å². The Morgan fingerprint density at radius 3 is 2.87 bits per heavy atom. The number of hydrogen-bond donors (Lipinski definition) is 2. The molecule has 0 spiro atoms. The minimum absolute atomic E-state index is 0.0489. The van der Waals surface area contributed by atoms with Gasteiger partial charge in [-0.05, 0) is 49.6 Å². The molecule has 2 N–H and O–H groups in total. The molecule has 2 heterocycles. The van der Waals surface area contributed by atoms with Crippen LogP contribution in [0.1, 0.15) is 51.6 Å². The molecule has 1 amide bonds. The second-order valence-electron chi connectivity index (χ2n) is 8.04. The molecule has 7 heteroatoms. The van der Waals surface area contributed by atoms with Crippen LogP contribution >= 0.6 is 0 Å². The summed E-state index contributed by atoms with van der Waals surface area (Å²) in [5, 5.41) is 7.22. The summed E-state index contributed by atoms with van der Waals surface area (Å²) in [4.78, 5) is 30.3. The highest BCUT2D eigenvalue weighted by Gasteiger charge is 2.23. The summed E-state index contributed by atoms with van der Waals surface area (Å²) >= 11 is 0. The second kappa shape index (κ2) is 8.67. The maximum atomic E-state index is 12.8. The highest BCUT2D eigenvalue weighted by Crippen LogP contribution is 2.29. The molecular formula is C23H27N5O2. The monoisotopic (exact) mass is 405 g/mol. The normalized spacial score (nSPS) is 15.8. The summed E-state index contributed by atoms with van der Waals surface area (Å²) < 4.78 is 1.77. The van der Waals surface area contributed by atoms with Gasteiger partial charge >= 0.3 is 0 Å². The van der Waals surface area contributed by atoms with Gasteiger partial charge in [0.1, 0.15) is 5.56 Å². The smallest absolute Gasteiger partial charge is 0.261 e. The van der Waals surface area contributed by atoms with E-state index in [1.54, 1.807) is 10.7 Å². The fourth-order valence-electron chi connectivity index (χ4n) is 4.14. The zero-order chi connectivity index (χ0) is 21.1. The van der Waals surface area contributed by atoms with Gasteiger partial charge in [0.2, 0.25) is 0 Å². The van der Waals surface area contributed by atoms with Gasteiger partial charge in [-0.25, -0.2) is 0 Å². The number of H-pyrrole nitrogens is 1. The lowest BCUT2D eigenvalue weighted by Crippen LogP contribution is -2.34. The number of nitrogens with one attached hydrogen (secondary N) is 2. The Labute approximate surface area is 175 Å². The van der Waals surface area contributed by atoms with Crippen LogP contribution in [0, 0.1) is 0 Å². The number of rotatable bonds is 6. The third-order valence-electron chi connectivity index (χ3n) is 5.54. The molecule has 4 rings (SSSR count). The SMILES string of the molecule is CN(Cc1cnn(C)c1)Cc1ccc(C(=O)NC2CCCc3ccccc32)c(=O)[nH]1. The van der Waals surface area contributed by atoms with Gasteiger partial charge in [-0.2, -0.15) is 5.10 Å². The van der Waals surface area contributed by atoms with Gasteiger partial charge in [0.15, 0.2) is 0 Å². The van der Waals surface area contributed by atoms with E-state index in [2.05, 4.69) is 32.4 Å². The van der Waals surface area contributed by atoms with Crippen LogP contribution in [-0.2, 0) is 26.6 Å². The van der Waals surface area contributed by atoms with E-state index in [0.29, 0.717) is 6.54 Å². The van der Waals surface area contributed by atoms with E-state index >= 15 is 0 Å². The molecule has 3 aromatic rings. The molecule has 0 saturated carbocycles. The molecule has 0 aliphatic heterocycles. The molecule has 7 nitrogen and oxygen atoms in total. The van der Waals surface area contributed by atoms with Crippen molar-refractivity contribution in [2.24, 2.45) is 7.05 Å². The molecule has 156 valence electrons. The molecule has 0 saturated heterocycles. The quantitative estimate of drug-likeness (QED) is 0.660. The molecule has 0 bridgehead atoms. The van der Waals surface area contributed by atoms with Crippen molar-refractivity contribution in [3.63, 3.8) is 0 Å². The number of amides is 1. The molecule has 1 atom stereocenters. The zero-order valence-electron chi connectivity index (χ0n) is 17.4. The van der Waals surface area contributed by atoms with Gasteiger partial charge in [0.05, 0.1) is 12.2 Å². The van der Waals surface area contributed by atoms with Crippen LogP contribution < -0.4 is 10.9 Å². The summed E-state index contributed by atoms with van der Waals surface area (Å²) in [6, 6.07) is 11.6. The minimum Gasteiger partial charge on any atom is -0.345 e. The van der Waals surface area contributed by atoms with Crippen LogP contribution in [0.2, 0.25) is 0 Å². The highest BCUT2D eigenvalue weighted by molar-refractivity contribution is 5.94. The van der Waals surface area contributed by atoms with Crippen molar-refractivity contribution in [2.75, 3.05) is 7.05 Å². The van der Waals surface area contributed by atoms with E-state index < -0.39 is 0 Å². The van der Waals surface area contributed by atoms with Crippen molar-refractivity contribution in [1.29, 1.82) is 0 Å². The summed E-state index contributed by atoms with van der Waals surface area (Å²) in [5.74, 6) is -0.326. The third-order valence-corrected chi connectivity index (χ3v) is 5.54. The summed E-state index contributed by atoms with van der Waals surface area (Å²) in [5.41, 5.74) is 4.09. The first-order valence-corrected chi connectivity index (χ1v) is 10.3. The molecule has 0 fully saturated rings. The number of pyridine rings is 1. The number of benzene rings is 1. The second-order valence-corrected chi connectivity index (χ2v) is 8.04. The number of carbonyl (C=O) groups is 1. The summed E-state index contributed by atoms with van der Waals surface area (Å²) in [6.45, 7) is 1.29. The van der Waals surface area contributed by atoms with Crippen molar-refractivity contribution >= 4 is 5.91 Å². The Kier molecular flexibility index (Phi) is 5.81. The fraction of sp³-hybridized carbons (Fsp3) is 0.348. The Bertz CT molecular complexity index is 1100. The molecule has 1 aliphatic rings. The number of aromatic nitrogens is 3. The standard InChI is InChI=1S/C23H27N5O2/c1-27(13-16-12-24-28(2)14-16)15-18-10-11-20(22(29)25-18)23(30)26-21-9-5-7-17-6-3-4-8-19(17)21/h3-4,6,8,10-12,14,21H,5,7,9,13,15H2,1-2H3,(H,25,29)(H,26,30). The van der Waals surface area contributed by atoms with Crippen LogP contribution in [0.4, 0.5) is 0 Å². The van der Waals surface area contributed by atoms with Crippen LogP contribution in [0.5, 0.6) is 0 Å². The highest BCUT2D eigenvalue weighted by atomic mass is 16.2. The molecule has 30 heavy (non-hydrogen) atoms. The number of carbonyl (C=O) groups excluding carboxylic acids is 1. The maximum absolute atomic E-state index is 12.8. The Morgan fingerprint density at radius 1 is 1.27 bits per heavy atom. The molecule has 1 aromatic carbocycles. The molecule has 1 aliphatic carbocycles. The zero-order valence-corrected chi connectivity index (χ0v) is 17.4. The minimum atomic E-state index is -0.358. The van der Waals surface area contributed by atoms with Gasteiger partial charge < -0.3 is 10.3 Å². The Balaban J connectivity index is 1.42. The van der Waals surface area contributed by atoms with Crippen molar-refractivity contribution in [2.45, 2.75) is 38.4 Å². The summed E-state index contributed by atoms with van der Waals surface area (Å²) in [6.07, 6.45) is 6.75. The van der Waals surface area contributed by atoms with Crippen molar-refractivity contribution in [3.05, 3.63) is 87.1 Å². The topological polar surface area (TPSA) is 83.0 Å². The maximum Gasteiger partial charge on any atom is 0.261 e. The Morgan fingerprint density at radius 2 is 2.10 bits per heavy atom. The first-order valence-electron chi connectivity index (χ1n) is 10.3. The van der Waals surface area contributed by atoms with Gasteiger partial charge in [0.25, 0.3) is 11.5 Å². The van der Waals surface area contributed by atoms with E-state index in [-0.39, 0.29) is 23.1 Å². The number of aromatic amines is 1. The predicted molar refractivity (Wildman–Crippen MR) is 115 cm³/mol. The lowest BCUT2D eigenvalue weighted by molar-refractivity contribution is 0.0931. The van der Waals surface area contributed by atoms with Crippen LogP contribution in [0.25, 0.3) is 0 Å². The largest absolute Gasteiger partial charge is 0.345 e. The van der Waals surface area contributed by atoms with Gasteiger partial charge in [-0.3, -0.25) is 19.2 Å². The summed E-state index contributed by atoms with van der Waals surface area (Å²) in [7, 11) is 3.86. The molecule has 0 radical (unpaired) electrons. The average Bonchev–Trinajstić information content (AvgIpc) is 3.12. The Hall–Kier alpha value is -3.19. The molecule has 1 unspecified atom stereocenters. The average molecular weight is 406 g/mol. The number of nitrogens with zero attached hydrogens (tertiary/aromatic N) is 3. The van der Waals surface area contributed by atoms with Crippen LogP contribution in [0.3, 0.4) is 0 Å². The van der Waals surface area contributed by atoms with Crippen LogP contribution in [0.15, 0.2) is 53.6 Å². The van der Waals surface area contributed by atoms with Crippen molar-refractivity contribution < 1.29 is 4.79 Å².